The number of hydrazine groups is 1. The second-order valence-corrected chi connectivity index (χ2v) is 11.0. The zero-order valence-electron chi connectivity index (χ0n) is 23.4. The molecule has 11 heteroatoms. The van der Waals surface area contributed by atoms with Crippen molar-refractivity contribution >= 4 is 35.0 Å². The van der Waals surface area contributed by atoms with E-state index in [0.29, 0.717) is 34.9 Å². The average Bonchev–Trinajstić information content (AvgIpc) is 3.39. The quantitative estimate of drug-likeness (QED) is 0.124. The molecule has 0 aliphatic carbocycles. The van der Waals surface area contributed by atoms with Crippen LogP contribution in [0.3, 0.4) is 0 Å². The second kappa shape index (κ2) is 14.2. The summed E-state index contributed by atoms with van der Waals surface area (Å²) in [7, 11) is 0. The Balaban J connectivity index is 1.53. The lowest BCUT2D eigenvalue weighted by atomic mass is 9.82. The summed E-state index contributed by atoms with van der Waals surface area (Å²) in [5, 5.41) is 9.70. The molecule has 5 rings (SSSR count). The van der Waals surface area contributed by atoms with Crippen LogP contribution in [0.1, 0.15) is 34.8 Å². The van der Waals surface area contributed by atoms with E-state index < -0.39 is 29.2 Å². The topological polar surface area (TPSA) is 92.2 Å². The van der Waals surface area contributed by atoms with Crippen LogP contribution in [0.15, 0.2) is 96.0 Å². The minimum absolute atomic E-state index is 0.0209. The van der Waals surface area contributed by atoms with Gasteiger partial charge in [-0.3, -0.25) is 10.2 Å². The number of aliphatic imine (C=N–C) groups is 1. The number of ether oxygens (including phenoxy) is 2. The number of amides is 1. The number of carbonyl (C=O) groups excluding carboxylic acids is 1. The number of hydrogen-bond acceptors (Lipinski definition) is 6. The summed E-state index contributed by atoms with van der Waals surface area (Å²) in [6, 6.07) is 24.7. The van der Waals surface area contributed by atoms with Gasteiger partial charge in [-0.25, -0.2) is 19.2 Å². The minimum atomic E-state index is -1.61. The van der Waals surface area contributed by atoms with Crippen molar-refractivity contribution in [2.24, 2.45) is 4.99 Å². The first kappa shape index (κ1) is 31.4. The molecule has 0 saturated heterocycles. The fourth-order valence-corrected chi connectivity index (χ4v) is 5.41. The van der Waals surface area contributed by atoms with Crippen molar-refractivity contribution in [1.82, 2.24) is 10.9 Å². The lowest BCUT2D eigenvalue weighted by Crippen LogP contribution is -2.53. The molecular weight excluding hydrogens is 611 g/mol. The molecular formula is C33H29Cl2F2N3O4. The predicted molar refractivity (Wildman–Crippen MR) is 165 cm³/mol. The molecule has 4 aromatic rings. The number of benzene rings is 4. The maximum atomic E-state index is 14.3. The van der Waals surface area contributed by atoms with Crippen molar-refractivity contribution in [2.45, 2.75) is 31.0 Å². The van der Waals surface area contributed by atoms with Gasteiger partial charge >= 0.3 is 0 Å². The molecule has 4 aromatic carbocycles. The highest BCUT2D eigenvalue weighted by Gasteiger charge is 2.54. The summed E-state index contributed by atoms with van der Waals surface area (Å²) in [6.45, 7) is 0.0643. The van der Waals surface area contributed by atoms with Gasteiger partial charge in [0.15, 0.2) is 11.6 Å². The molecule has 1 heterocycles. The van der Waals surface area contributed by atoms with Gasteiger partial charge < -0.3 is 14.6 Å². The summed E-state index contributed by atoms with van der Waals surface area (Å²) < 4.78 is 40.6. The molecule has 0 unspecified atom stereocenters. The van der Waals surface area contributed by atoms with Crippen molar-refractivity contribution in [3.8, 4) is 5.75 Å². The molecule has 0 aromatic heterocycles. The molecule has 2 atom stereocenters. The first-order valence-corrected chi connectivity index (χ1v) is 14.6. The molecule has 1 amide bonds. The van der Waals surface area contributed by atoms with E-state index >= 15 is 0 Å². The number of nitrogens with zero attached hydrogens (tertiary/aromatic N) is 1. The van der Waals surface area contributed by atoms with Gasteiger partial charge in [-0.1, -0.05) is 65.7 Å². The first-order chi connectivity index (χ1) is 21.3. The number of rotatable bonds is 12. The number of nitrogens with one attached hydrogen (secondary N) is 2. The van der Waals surface area contributed by atoms with E-state index in [2.05, 4.69) is 10.9 Å². The van der Waals surface area contributed by atoms with Crippen molar-refractivity contribution in [2.75, 3.05) is 13.2 Å². The first-order valence-electron chi connectivity index (χ1n) is 13.9. The Hall–Kier alpha value is -4.02. The molecule has 0 fully saturated rings. The van der Waals surface area contributed by atoms with Crippen molar-refractivity contribution in [3.63, 3.8) is 0 Å². The Morgan fingerprint density at radius 1 is 0.977 bits per heavy atom. The normalized spacial score (nSPS) is 17.6. The van der Waals surface area contributed by atoms with Crippen LogP contribution in [0, 0.1) is 11.6 Å². The van der Waals surface area contributed by atoms with E-state index in [1.807, 2.05) is 30.3 Å². The molecule has 7 nitrogen and oxygen atoms in total. The van der Waals surface area contributed by atoms with Crippen LogP contribution in [0.4, 0.5) is 8.78 Å². The van der Waals surface area contributed by atoms with Gasteiger partial charge in [0.25, 0.3) is 5.91 Å². The number of hydrogen-bond donors (Lipinski definition) is 3. The fourth-order valence-electron chi connectivity index (χ4n) is 4.90. The summed E-state index contributed by atoms with van der Waals surface area (Å²) in [4.78, 5) is 19.1. The van der Waals surface area contributed by atoms with E-state index in [1.165, 1.54) is 6.07 Å². The van der Waals surface area contributed by atoms with Crippen LogP contribution in [0.2, 0.25) is 10.0 Å². The molecule has 0 bridgehead atoms. The monoisotopic (exact) mass is 639 g/mol. The third-order valence-electron chi connectivity index (χ3n) is 7.12. The lowest BCUT2D eigenvalue weighted by Gasteiger charge is -2.31. The van der Waals surface area contributed by atoms with Crippen molar-refractivity contribution in [1.29, 1.82) is 0 Å². The summed E-state index contributed by atoms with van der Waals surface area (Å²) in [5.74, 6) is -1.31. The van der Waals surface area contributed by atoms with Gasteiger partial charge in [-0.2, -0.15) is 0 Å². The maximum Gasteiger partial charge on any atom is 0.266 e. The molecule has 44 heavy (non-hydrogen) atoms. The zero-order valence-corrected chi connectivity index (χ0v) is 24.9. The molecule has 0 radical (unpaired) electrons. The largest absolute Gasteiger partial charge is 0.494 e. The molecule has 0 spiro atoms. The number of aliphatic hydroxyl groups is 1. The van der Waals surface area contributed by atoms with Crippen molar-refractivity contribution < 1.29 is 28.2 Å². The lowest BCUT2D eigenvalue weighted by molar-refractivity contribution is -0.130. The van der Waals surface area contributed by atoms with Crippen LogP contribution >= 0.6 is 23.2 Å². The van der Waals surface area contributed by atoms with Crippen LogP contribution in [-0.4, -0.2) is 35.7 Å². The summed E-state index contributed by atoms with van der Waals surface area (Å²) in [6.07, 6.45) is -0.407. The Bertz CT molecular complexity index is 1620. The third kappa shape index (κ3) is 7.03. The molecule has 0 saturated carbocycles. The SMILES string of the molecule is O=C(NNCc1c(F)cccc1F)[C@@]1(Cc2ccccc2)N=C(c2ccc(OCCCO)cc2)O[C@H]1c1ccc(Cl)cc1Cl. The van der Waals surface area contributed by atoms with Gasteiger partial charge in [-0.05, 0) is 54.1 Å². The van der Waals surface area contributed by atoms with Gasteiger partial charge in [-0.15, -0.1) is 0 Å². The van der Waals surface area contributed by atoms with Crippen LogP contribution in [0.25, 0.3) is 0 Å². The average molecular weight is 641 g/mol. The van der Waals surface area contributed by atoms with Crippen molar-refractivity contribution in [3.05, 3.63) is 135 Å². The van der Waals surface area contributed by atoms with Crippen LogP contribution in [-0.2, 0) is 22.5 Å². The standard InChI is InChI=1S/C33H29Cl2F2N3O4/c34-23-12-15-25(27(35)18-23)30-33(19-21-6-2-1-3-7-21,32(42)40-38-20-26-28(36)8-4-9-29(26)37)39-31(44-30)22-10-13-24(14-11-22)43-17-5-16-41/h1-4,6-15,18,30,38,41H,5,16-17,19-20H2,(H,40,42)/t30-,33-/m0/s1. The molecule has 1 aliphatic rings. The Labute approximate surface area is 263 Å². The second-order valence-electron chi connectivity index (χ2n) is 10.1. The number of halogens is 4. The van der Waals surface area contributed by atoms with E-state index in [-0.39, 0.29) is 36.1 Å². The van der Waals surface area contributed by atoms with E-state index in [0.717, 1.165) is 17.7 Å². The van der Waals surface area contributed by atoms with Crippen LogP contribution < -0.4 is 15.6 Å². The third-order valence-corrected chi connectivity index (χ3v) is 7.68. The van der Waals surface area contributed by atoms with Gasteiger partial charge in [0.05, 0.1) is 6.61 Å². The highest BCUT2D eigenvalue weighted by atomic mass is 35.5. The number of carbonyl (C=O) groups is 1. The van der Waals surface area contributed by atoms with E-state index in [1.54, 1.807) is 42.5 Å². The fraction of sp³-hybridized carbons (Fsp3) is 0.212. The highest BCUT2D eigenvalue weighted by Crippen LogP contribution is 2.45. The van der Waals surface area contributed by atoms with E-state index in [9.17, 15) is 13.6 Å². The van der Waals surface area contributed by atoms with Gasteiger partial charge in [0.1, 0.15) is 17.4 Å². The van der Waals surface area contributed by atoms with E-state index in [4.69, 9.17) is 42.8 Å². The van der Waals surface area contributed by atoms with Crippen LogP contribution in [0.5, 0.6) is 5.75 Å². The van der Waals surface area contributed by atoms with Gasteiger partial charge in [0.2, 0.25) is 5.90 Å². The highest BCUT2D eigenvalue weighted by molar-refractivity contribution is 6.35. The maximum absolute atomic E-state index is 14.3. The Kier molecular flexibility index (Phi) is 10.1. The molecule has 1 aliphatic heterocycles. The number of aliphatic hydroxyl groups excluding tert-OH is 1. The Morgan fingerprint density at radius 2 is 1.70 bits per heavy atom. The predicted octanol–water partition coefficient (Wildman–Crippen LogP) is 6.35. The Morgan fingerprint density at radius 3 is 2.39 bits per heavy atom. The minimum Gasteiger partial charge on any atom is -0.494 e. The zero-order chi connectivity index (χ0) is 31.1. The van der Waals surface area contributed by atoms with Gasteiger partial charge in [0, 0.05) is 52.7 Å². The summed E-state index contributed by atoms with van der Waals surface area (Å²) >= 11 is 12.9. The smallest absolute Gasteiger partial charge is 0.266 e. The molecule has 3 N–H and O–H groups in total. The summed E-state index contributed by atoms with van der Waals surface area (Å²) in [5.41, 5.74) is 5.29. The molecule has 228 valence electrons.